The molecule has 2 aromatic carbocycles. The van der Waals surface area contributed by atoms with Crippen LogP contribution in [0.3, 0.4) is 0 Å². The molecule has 2 aliphatic heterocycles. The van der Waals surface area contributed by atoms with Crippen molar-refractivity contribution in [1.82, 2.24) is 10.6 Å². The average molecular weight is 326 g/mol. The fourth-order valence-electron chi connectivity index (χ4n) is 2.93. The molecule has 24 heavy (non-hydrogen) atoms. The van der Waals surface area contributed by atoms with Gasteiger partial charge in [0.2, 0.25) is 6.79 Å². The van der Waals surface area contributed by atoms with Crippen molar-refractivity contribution in [1.29, 1.82) is 0 Å². The number of urea groups is 1. The summed E-state index contributed by atoms with van der Waals surface area (Å²) in [5.41, 5.74) is 1.98. The van der Waals surface area contributed by atoms with Crippen LogP contribution in [-0.2, 0) is 6.54 Å². The number of carbonyl (C=O) groups is 1. The highest BCUT2D eigenvalue weighted by atomic mass is 16.7. The van der Waals surface area contributed by atoms with Crippen molar-refractivity contribution in [2.45, 2.75) is 19.0 Å². The van der Waals surface area contributed by atoms with Gasteiger partial charge in [-0.2, -0.15) is 0 Å². The summed E-state index contributed by atoms with van der Waals surface area (Å²) in [7, 11) is 0. The number of hydrogen-bond donors (Lipinski definition) is 2. The zero-order valence-corrected chi connectivity index (χ0v) is 13.1. The SMILES string of the molecule is O=C(NCc1ccc2c(c1)OCO2)NC1CCOc2ccccc21. The Morgan fingerprint density at radius 2 is 1.92 bits per heavy atom. The minimum atomic E-state index is -0.200. The third-order valence-corrected chi connectivity index (χ3v) is 4.15. The molecule has 1 atom stereocenters. The first-order chi connectivity index (χ1) is 11.8. The molecule has 2 N–H and O–H groups in total. The normalized spacial score (nSPS) is 17.6. The molecule has 0 aromatic heterocycles. The number of fused-ring (bicyclic) bond motifs is 2. The van der Waals surface area contributed by atoms with Gasteiger partial charge in [-0.3, -0.25) is 0 Å². The van der Waals surface area contributed by atoms with Gasteiger partial charge in [0.05, 0.1) is 12.6 Å². The van der Waals surface area contributed by atoms with E-state index in [2.05, 4.69) is 10.6 Å². The van der Waals surface area contributed by atoms with Gasteiger partial charge >= 0.3 is 6.03 Å². The van der Waals surface area contributed by atoms with Crippen LogP contribution in [0, 0.1) is 0 Å². The van der Waals surface area contributed by atoms with E-state index in [4.69, 9.17) is 14.2 Å². The molecule has 1 unspecified atom stereocenters. The summed E-state index contributed by atoms with van der Waals surface area (Å²) in [6.45, 7) is 1.27. The number of rotatable bonds is 3. The van der Waals surface area contributed by atoms with Crippen molar-refractivity contribution in [2.24, 2.45) is 0 Å². The third kappa shape index (κ3) is 2.95. The predicted molar refractivity (Wildman–Crippen MR) is 87.2 cm³/mol. The first-order valence-corrected chi connectivity index (χ1v) is 7.94. The number of benzene rings is 2. The van der Waals surface area contributed by atoms with E-state index in [0.717, 1.165) is 29.0 Å². The molecule has 0 saturated carbocycles. The molecule has 2 aromatic rings. The smallest absolute Gasteiger partial charge is 0.315 e. The topological polar surface area (TPSA) is 68.8 Å². The largest absolute Gasteiger partial charge is 0.493 e. The van der Waals surface area contributed by atoms with Crippen LogP contribution in [0.2, 0.25) is 0 Å². The van der Waals surface area contributed by atoms with Gasteiger partial charge in [-0.05, 0) is 23.8 Å². The summed E-state index contributed by atoms with van der Waals surface area (Å²) in [5.74, 6) is 2.29. The lowest BCUT2D eigenvalue weighted by molar-refractivity contribution is 0.174. The number of amides is 2. The first kappa shape index (κ1) is 14.7. The zero-order valence-electron chi connectivity index (χ0n) is 13.1. The maximum absolute atomic E-state index is 12.2. The molecular formula is C18H18N2O4. The van der Waals surface area contributed by atoms with Crippen LogP contribution in [0.4, 0.5) is 4.79 Å². The van der Waals surface area contributed by atoms with Crippen molar-refractivity contribution in [2.75, 3.05) is 13.4 Å². The quantitative estimate of drug-likeness (QED) is 0.910. The van der Waals surface area contributed by atoms with E-state index in [-0.39, 0.29) is 18.9 Å². The highest BCUT2D eigenvalue weighted by Crippen LogP contribution is 2.33. The van der Waals surface area contributed by atoms with Crippen LogP contribution in [0.5, 0.6) is 17.2 Å². The third-order valence-electron chi connectivity index (χ3n) is 4.15. The minimum Gasteiger partial charge on any atom is -0.493 e. The molecule has 0 saturated heterocycles. The Labute approximate surface area is 139 Å². The van der Waals surface area contributed by atoms with E-state index in [1.54, 1.807) is 0 Å². The van der Waals surface area contributed by atoms with Gasteiger partial charge in [0.25, 0.3) is 0 Å². The Morgan fingerprint density at radius 3 is 2.88 bits per heavy atom. The molecule has 6 heteroatoms. The maximum atomic E-state index is 12.2. The molecular weight excluding hydrogens is 308 g/mol. The van der Waals surface area contributed by atoms with Crippen LogP contribution in [-0.4, -0.2) is 19.4 Å². The summed E-state index contributed by atoms with van der Waals surface area (Å²) in [6.07, 6.45) is 0.758. The fraction of sp³-hybridized carbons (Fsp3) is 0.278. The molecule has 4 rings (SSSR count). The van der Waals surface area contributed by atoms with Crippen molar-refractivity contribution in [3.05, 3.63) is 53.6 Å². The van der Waals surface area contributed by atoms with E-state index in [1.165, 1.54) is 0 Å². The molecule has 2 aliphatic rings. The Morgan fingerprint density at radius 1 is 1.04 bits per heavy atom. The second-order valence-corrected chi connectivity index (χ2v) is 5.74. The number of carbonyl (C=O) groups excluding carboxylic acids is 1. The van der Waals surface area contributed by atoms with E-state index in [0.29, 0.717) is 18.9 Å². The van der Waals surface area contributed by atoms with Crippen LogP contribution in [0.15, 0.2) is 42.5 Å². The highest BCUT2D eigenvalue weighted by molar-refractivity contribution is 5.74. The standard InChI is InChI=1S/C18H18N2O4/c21-18(19-10-12-5-6-16-17(9-12)24-11-23-16)20-14-7-8-22-15-4-2-1-3-13(14)15/h1-6,9,14H,7-8,10-11H2,(H2,19,20,21). The Balaban J connectivity index is 1.36. The number of para-hydroxylation sites is 1. The van der Waals surface area contributed by atoms with Crippen molar-refractivity contribution in [3.8, 4) is 17.2 Å². The van der Waals surface area contributed by atoms with E-state index < -0.39 is 0 Å². The highest BCUT2D eigenvalue weighted by Gasteiger charge is 2.22. The minimum absolute atomic E-state index is 0.0355. The zero-order chi connectivity index (χ0) is 16.4. The monoisotopic (exact) mass is 326 g/mol. The summed E-state index contributed by atoms with van der Waals surface area (Å²) < 4.78 is 16.2. The van der Waals surface area contributed by atoms with Gasteiger partial charge < -0.3 is 24.8 Å². The molecule has 6 nitrogen and oxygen atoms in total. The lowest BCUT2D eigenvalue weighted by Gasteiger charge is -2.26. The number of nitrogens with one attached hydrogen (secondary N) is 2. The first-order valence-electron chi connectivity index (χ1n) is 7.94. The lowest BCUT2D eigenvalue weighted by atomic mass is 10.0. The van der Waals surface area contributed by atoms with Crippen LogP contribution < -0.4 is 24.8 Å². The van der Waals surface area contributed by atoms with Crippen LogP contribution in [0.1, 0.15) is 23.6 Å². The summed E-state index contributed by atoms with van der Waals surface area (Å²) in [4.78, 5) is 12.2. The van der Waals surface area contributed by atoms with E-state index in [1.807, 2.05) is 42.5 Å². The van der Waals surface area contributed by atoms with Crippen molar-refractivity contribution in [3.63, 3.8) is 0 Å². The second-order valence-electron chi connectivity index (χ2n) is 5.74. The molecule has 0 spiro atoms. The van der Waals surface area contributed by atoms with Crippen molar-refractivity contribution < 1.29 is 19.0 Å². The van der Waals surface area contributed by atoms with Crippen molar-refractivity contribution >= 4 is 6.03 Å². The Kier molecular flexibility index (Phi) is 3.86. The summed E-state index contributed by atoms with van der Waals surface area (Å²) >= 11 is 0. The van der Waals surface area contributed by atoms with Gasteiger partial charge in [-0.15, -0.1) is 0 Å². The molecule has 0 fully saturated rings. The van der Waals surface area contributed by atoms with Gasteiger partial charge in [0.1, 0.15) is 5.75 Å². The van der Waals surface area contributed by atoms with Gasteiger partial charge in [-0.1, -0.05) is 24.3 Å². The lowest BCUT2D eigenvalue weighted by Crippen LogP contribution is -2.39. The molecule has 124 valence electrons. The molecule has 0 radical (unpaired) electrons. The maximum Gasteiger partial charge on any atom is 0.315 e. The predicted octanol–water partition coefficient (Wildman–Crippen LogP) is 2.74. The number of ether oxygens (including phenoxy) is 3. The summed E-state index contributed by atoms with van der Waals surface area (Å²) in [6, 6.07) is 13.2. The Bertz CT molecular complexity index is 762. The van der Waals surface area contributed by atoms with Gasteiger partial charge in [0.15, 0.2) is 11.5 Å². The van der Waals surface area contributed by atoms with Crippen LogP contribution in [0.25, 0.3) is 0 Å². The number of hydrogen-bond acceptors (Lipinski definition) is 4. The molecule has 2 amide bonds. The van der Waals surface area contributed by atoms with Crippen LogP contribution >= 0.6 is 0 Å². The van der Waals surface area contributed by atoms with Gasteiger partial charge in [-0.25, -0.2) is 4.79 Å². The second kappa shape index (κ2) is 6.31. The molecule has 0 bridgehead atoms. The van der Waals surface area contributed by atoms with E-state index >= 15 is 0 Å². The van der Waals surface area contributed by atoms with Gasteiger partial charge in [0, 0.05) is 18.5 Å². The average Bonchev–Trinajstić information content (AvgIpc) is 3.08. The summed E-state index contributed by atoms with van der Waals surface area (Å²) in [5, 5.41) is 5.89. The molecule has 2 heterocycles. The Hall–Kier alpha value is -2.89. The molecule has 0 aliphatic carbocycles. The fourth-order valence-corrected chi connectivity index (χ4v) is 2.93. The van der Waals surface area contributed by atoms with E-state index in [9.17, 15) is 4.79 Å².